The molecule has 0 radical (unpaired) electrons. The van der Waals surface area contributed by atoms with Crippen LogP contribution in [-0.2, 0) is 0 Å². The topological polar surface area (TPSA) is 0 Å². The zero-order valence-electron chi connectivity index (χ0n) is 16.0. The van der Waals surface area contributed by atoms with E-state index >= 15 is 0 Å². The van der Waals surface area contributed by atoms with Gasteiger partial charge in [-0.15, -0.1) is 0 Å². The van der Waals surface area contributed by atoms with E-state index in [-0.39, 0.29) is 11.2 Å². The maximum atomic E-state index is 13.1. The van der Waals surface area contributed by atoms with Crippen molar-refractivity contribution in [3.05, 3.63) is 0 Å². The molecule has 0 unspecified atom stereocenters. The molecule has 24 heavy (non-hydrogen) atoms. The number of unbranched alkanes of at least 4 members (excludes halogenated alkanes) is 6. The van der Waals surface area contributed by atoms with Crippen LogP contribution in [0.3, 0.4) is 0 Å². The molecule has 0 spiro atoms. The standard InChI is InChI=1S/C19H37F3S2/c1-5-7-9-11-13-17(14-12-10-8-6-2)18(15-19(20,21)22)24-23-16(3)4/h16-18H,5-15H2,1-4H3/t18-/m1/s1. The van der Waals surface area contributed by atoms with Gasteiger partial charge in [-0.1, -0.05) is 101 Å². The summed E-state index contributed by atoms with van der Waals surface area (Å²) < 4.78 is 39.2. The molecule has 0 amide bonds. The molecule has 146 valence electrons. The summed E-state index contributed by atoms with van der Waals surface area (Å²) in [6.45, 7) is 8.45. The molecule has 0 aromatic carbocycles. The van der Waals surface area contributed by atoms with Crippen molar-refractivity contribution in [2.24, 2.45) is 5.92 Å². The van der Waals surface area contributed by atoms with Crippen LogP contribution < -0.4 is 0 Å². The molecule has 1 atom stereocenters. The fraction of sp³-hybridized carbons (Fsp3) is 1.00. The van der Waals surface area contributed by atoms with Crippen LogP contribution >= 0.6 is 21.6 Å². The normalized spacial score (nSPS) is 13.9. The van der Waals surface area contributed by atoms with Crippen molar-refractivity contribution in [1.29, 1.82) is 0 Å². The minimum Gasteiger partial charge on any atom is -0.171 e. The third-order valence-corrected chi connectivity index (χ3v) is 7.71. The summed E-state index contributed by atoms with van der Waals surface area (Å²) in [5, 5.41) is 0.0761. The second-order valence-corrected chi connectivity index (χ2v) is 10.1. The summed E-state index contributed by atoms with van der Waals surface area (Å²) >= 11 is 0. The molecule has 0 aliphatic rings. The Morgan fingerprint density at radius 2 is 1.25 bits per heavy atom. The Balaban J connectivity index is 4.71. The van der Waals surface area contributed by atoms with Crippen LogP contribution in [0.5, 0.6) is 0 Å². The van der Waals surface area contributed by atoms with Gasteiger partial charge in [-0.05, 0) is 18.8 Å². The molecule has 0 aliphatic heterocycles. The van der Waals surface area contributed by atoms with Crippen molar-refractivity contribution < 1.29 is 13.2 Å². The Morgan fingerprint density at radius 1 is 0.750 bits per heavy atom. The molecule has 0 N–H and O–H groups in total. The van der Waals surface area contributed by atoms with Gasteiger partial charge in [0.15, 0.2) is 0 Å². The van der Waals surface area contributed by atoms with Gasteiger partial charge in [0.25, 0.3) is 0 Å². The van der Waals surface area contributed by atoms with Gasteiger partial charge in [0, 0.05) is 10.5 Å². The van der Waals surface area contributed by atoms with Crippen molar-refractivity contribution in [2.45, 2.75) is 115 Å². The second kappa shape index (κ2) is 14.6. The molecule has 0 nitrogen and oxygen atoms in total. The minimum absolute atomic E-state index is 0.205. The Morgan fingerprint density at radius 3 is 1.62 bits per heavy atom. The van der Waals surface area contributed by atoms with E-state index in [0.717, 1.165) is 38.5 Å². The molecular formula is C19H37F3S2. The van der Waals surface area contributed by atoms with Gasteiger partial charge >= 0.3 is 6.18 Å². The maximum absolute atomic E-state index is 13.1. The minimum atomic E-state index is -4.06. The van der Waals surface area contributed by atoms with E-state index in [2.05, 4.69) is 27.7 Å². The summed E-state index contributed by atoms with van der Waals surface area (Å²) in [5.41, 5.74) is 0. The molecular weight excluding hydrogens is 349 g/mol. The molecule has 0 bridgehead atoms. The lowest BCUT2D eigenvalue weighted by molar-refractivity contribution is -0.136. The summed E-state index contributed by atoms with van der Waals surface area (Å²) in [6.07, 6.45) is 6.42. The Kier molecular flexibility index (Phi) is 14.9. The van der Waals surface area contributed by atoms with Gasteiger partial charge in [0.1, 0.15) is 0 Å². The van der Waals surface area contributed by atoms with Crippen LogP contribution in [0.1, 0.15) is 98.3 Å². The summed E-state index contributed by atoms with van der Waals surface area (Å²) in [6, 6.07) is 0. The molecule has 0 saturated heterocycles. The zero-order valence-corrected chi connectivity index (χ0v) is 17.6. The highest BCUT2D eigenvalue weighted by Crippen LogP contribution is 2.43. The fourth-order valence-electron chi connectivity index (χ4n) is 2.87. The van der Waals surface area contributed by atoms with Crippen LogP contribution in [0.25, 0.3) is 0 Å². The third-order valence-electron chi connectivity index (χ3n) is 4.19. The first-order valence-corrected chi connectivity index (χ1v) is 12.0. The van der Waals surface area contributed by atoms with Crippen molar-refractivity contribution in [2.75, 3.05) is 0 Å². The average Bonchev–Trinajstić information content (AvgIpc) is 2.49. The van der Waals surface area contributed by atoms with Crippen molar-refractivity contribution in [1.82, 2.24) is 0 Å². The number of hydrogen-bond donors (Lipinski definition) is 0. The first-order chi connectivity index (χ1) is 11.3. The van der Waals surface area contributed by atoms with Gasteiger partial charge in [0.2, 0.25) is 0 Å². The molecule has 0 fully saturated rings. The van der Waals surface area contributed by atoms with Crippen molar-refractivity contribution in [3.8, 4) is 0 Å². The number of rotatable bonds is 15. The Labute approximate surface area is 155 Å². The summed E-state index contributed by atoms with van der Waals surface area (Å²) in [4.78, 5) is 0. The number of alkyl halides is 3. The molecule has 0 heterocycles. The van der Waals surface area contributed by atoms with E-state index in [4.69, 9.17) is 0 Å². The zero-order chi connectivity index (χ0) is 18.4. The third kappa shape index (κ3) is 14.8. The highest BCUT2D eigenvalue weighted by atomic mass is 33.1. The van der Waals surface area contributed by atoms with Gasteiger partial charge in [-0.2, -0.15) is 13.2 Å². The van der Waals surface area contributed by atoms with Crippen LogP contribution in [-0.4, -0.2) is 16.7 Å². The quantitative estimate of drug-likeness (QED) is 0.204. The summed E-state index contributed by atoms with van der Waals surface area (Å²) in [5.74, 6) is 0.205. The fourth-order valence-corrected chi connectivity index (χ4v) is 5.69. The predicted octanol–water partition coefficient (Wildman–Crippen LogP) is 8.65. The highest BCUT2D eigenvalue weighted by molar-refractivity contribution is 8.77. The van der Waals surface area contributed by atoms with Gasteiger partial charge in [-0.25, -0.2) is 0 Å². The van der Waals surface area contributed by atoms with Crippen molar-refractivity contribution >= 4 is 21.6 Å². The van der Waals surface area contributed by atoms with Gasteiger partial charge < -0.3 is 0 Å². The summed E-state index contributed by atoms with van der Waals surface area (Å²) in [7, 11) is 3.10. The SMILES string of the molecule is CCCCCCC(CCCCCC)[C@@H](CC(F)(F)F)SSC(C)C. The molecule has 0 saturated carbocycles. The lowest BCUT2D eigenvalue weighted by Crippen LogP contribution is -2.25. The Hall–Kier alpha value is 0.490. The molecule has 5 heteroatoms. The predicted molar refractivity (Wildman–Crippen MR) is 106 cm³/mol. The number of halogens is 3. The van der Waals surface area contributed by atoms with Gasteiger partial charge in [0.05, 0.1) is 6.42 Å². The lowest BCUT2D eigenvalue weighted by Gasteiger charge is -2.28. The number of hydrogen-bond acceptors (Lipinski definition) is 2. The molecule has 0 rings (SSSR count). The van der Waals surface area contributed by atoms with Crippen molar-refractivity contribution in [3.63, 3.8) is 0 Å². The maximum Gasteiger partial charge on any atom is 0.390 e. The molecule has 0 aromatic rings. The van der Waals surface area contributed by atoms with Crippen LogP contribution in [0.4, 0.5) is 13.2 Å². The van der Waals surface area contributed by atoms with E-state index in [1.807, 2.05) is 0 Å². The molecule has 0 aliphatic carbocycles. The van der Waals surface area contributed by atoms with E-state index in [9.17, 15) is 13.2 Å². The average molecular weight is 387 g/mol. The second-order valence-electron chi connectivity index (χ2n) is 7.06. The van der Waals surface area contributed by atoms with E-state index < -0.39 is 12.6 Å². The monoisotopic (exact) mass is 386 g/mol. The van der Waals surface area contributed by atoms with Crippen LogP contribution in [0, 0.1) is 5.92 Å². The van der Waals surface area contributed by atoms with E-state index in [1.165, 1.54) is 36.5 Å². The first kappa shape index (κ1) is 24.5. The highest BCUT2D eigenvalue weighted by Gasteiger charge is 2.36. The Bertz CT molecular complexity index is 268. The molecule has 0 aromatic heterocycles. The van der Waals surface area contributed by atoms with E-state index in [1.54, 1.807) is 10.8 Å². The smallest absolute Gasteiger partial charge is 0.171 e. The van der Waals surface area contributed by atoms with Crippen LogP contribution in [0.15, 0.2) is 0 Å². The van der Waals surface area contributed by atoms with E-state index in [0.29, 0.717) is 5.25 Å². The van der Waals surface area contributed by atoms with Gasteiger partial charge in [-0.3, -0.25) is 0 Å². The lowest BCUT2D eigenvalue weighted by atomic mass is 9.90. The van der Waals surface area contributed by atoms with Crippen LogP contribution in [0.2, 0.25) is 0 Å². The largest absolute Gasteiger partial charge is 0.390 e. The first-order valence-electron chi connectivity index (χ1n) is 9.69.